The Kier molecular flexibility index (Phi) is 4.11. The lowest BCUT2D eigenvalue weighted by Gasteiger charge is -2.29. The molecule has 1 fully saturated rings. The van der Waals surface area contributed by atoms with Gasteiger partial charge in [0.2, 0.25) is 0 Å². The molecule has 0 spiro atoms. The van der Waals surface area contributed by atoms with Gasteiger partial charge in [0.1, 0.15) is 5.54 Å². The van der Waals surface area contributed by atoms with Crippen molar-refractivity contribution in [1.29, 1.82) is 0 Å². The molecular formula is C14H21N3O3. The zero-order valence-corrected chi connectivity index (χ0v) is 12.0. The summed E-state index contributed by atoms with van der Waals surface area (Å²) in [4.78, 5) is 24.0. The molecule has 110 valence electrons. The number of aliphatic carboxylic acids is 1. The van der Waals surface area contributed by atoms with Crippen molar-refractivity contribution in [3.05, 3.63) is 17.5 Å². The molecule has 1 heterocycles. The number of carbonyl (C=O) groups excluding carboxylic acids is 1. The number of aromatic nitrogens is 2. The Morgan fingerprint density at radius 1 is 1.30 bits per heavy atom. The van der Waals surface area contributed by atoms with Gasteiger partial charge in [0.25, 0.3) is 5.91 Å². The maximum atomic E-state index is 12.3. The molecule has 1 amide bonds. The number of carbonyl (C=O) groups is 2. The summed E-state index contributed by atoms with van der Waals surface area (Å²) in [5, 5.41) is 16.4. The number of hydrogen-bond acceptors (Lipinski definition) is 3. The minimum Gasteiger partial charge on any atom is -0.480 e. The first-order chi connectivity index (χ1) is 9.44. The quantitative estimate of drug-likeness (QED) is 0.824. The second kappa shape index (κ2) is 5.64. The number of amides is 1. The van der Waals surface area contributed by atoms with Crippen molar-refractivity contribution in [1.82, 2.24) is 15.1 Å². The fourth-order valence-corrected chi connectivity index (χ4v) is 2.83. The van der Waals surface area contributed by atoms with Gasteiger partial charge in [-0.05, 0) is 19.8 Å². The molecule has 0 unspecified atom stereocenters. The van der Waals surface area contributed by atoms with Crippen molar-refractivity contribution >= 4 is 11.9 Å². The molecule has 0 aliphatic heterocycles. The number of aryl methyl sites for hydroxylation is 2. The van der Waals surface area contributed by atoms with Gasteiger partial charge in [-0.3, -0.25) is 9.48 Å². The molecule has 6 nitrogen and oxygen atoms in total. The molecule has 1 aliphatic carbocycles. The minimum absolute atomic E-state index is 0.347. The number of hydrogen-bond donors (Lipinski definition) is 2. The second-order valence-electron chi connectivity index (χ2n) is 5.56. The van der Waals surface area contributed by atoms with Crippen LogP contribution in [0, 0.1) is 6.92 Å². The summed E-state index contributed by atoms with van der Waals surface area (Å²) in [5.74, 6) is -1.28. The van der Waals surface area contributed by atoms with E-state index in [4.69, 9.17) is 0 Å². The molecular weight excluding hydrogens is 258 g/mol. The van der Waals surface area contributed by atoms with Crippen molar-refractivity contribution in [3.63, 3.8) is 0 Å². The summed E-state index contributed by atoms with van der Waals surface area (Å²) in [6, 6.07) is 0. The fraction of sp³-hybridized carbons (Fsp3) is 0.643. The normalized spacial score (nSPS) is 18.3. The number of carboxylic acid groups (broad SMARTS) is 1. The van der Waals surface area contributed by atoms with E-state index in [0.717, 1.165) is 25.7 Å². The molecule has 1 aliphatic rings. The predicted molar refractivity (Wildman–Crippen MR) is 73.5 cm³/mol. The van der Waals surface area contributed by atoms with Crippen LogP contribution < -0.4 is 5.32 Å². The number of rotatable bonds is 3. The first-order valence-electron chi connectivity index (χ1n) is 7.01. The summed E-state index contributed by atoms with van der Waals surface area (Å²) in [6.45, 7) is 1.75. The number of carboxylic acids is 1. The van der Waals surface area contributed by atoms with E-state index in [2.05, 4.69) is 10.4 Å². The Morgan fingerprint density at radius 3 is 2.35 bits per heavy atom. The Balaban J connectivity index is 2.21. The van der Waals surface area contributed by atoms with Crippen molar-refractivity contribution < 1.29 is 14.7 Å². The van der Waals surface area contributed by atoms with Gasteiger partial charge in [-0.25, -0.2) is 4.79 Å². The molecule has 20 heavy (non-hydrogen) atoms. The molecule has 1 aromatic rings. The Morgan fingerprint density at radius 2 is 1.90 bits per heavy atom. The highest BCUT2D eigenvalue weighted by atomic mass is 16.4. The first-order valence-corrected chi connectivity index (χ1v) is 7.01. The van der Waals surface area contributed by atoms with Gasteiger partial charge >= 0.3 is 5.97 Å². The molecule has 0 saturated heterocycles. The van der Waals surface area contributed by atoms with E-state index in [1.54, 1.807) is 24.9 Å². The summed E-state index contributed by atoms with van der Waals surface area (Å²) in [6.07, 6.45) is 6.32. The fourth-order valence-electron chi connectivity index (χ4n) is 2.83. The van der Waals surface area contributed by atoms with E-state index >= 15 is 0 Å². The summed E-state index contributed by atoms with van der Waals surface area (Å²) in [7, 11) is 1.74. The zero-order chi connectivity index (χ0) is 14.8. The predicted octanol–water partition coefficient (Wildman–Crippen LogP) is 1.64. The average molecular weight is 279 g/mol. The largest absolute Gasteiger partial charge is 0.480 e. The van der Waals surface area contributed by atoms with Crippen LogP contribution in [-0.2, 0) is 11.8 Å². The van der Waals surface area contributed by atoms with Gasteiger partial charge in [-0.1, -0.05) is 25.7 Å². The van der Waals surface area contributed by atoms with Crippen LogP contribution in [0.15, 0.2) is 6.20 Å². The van der Waals surface area contributed by atoms with Crippen LogP contribution in [-0.4, -0.2) is 32.3 Å². The summed E-state index contributed by atoms with van der Waals surface area (Å²) >= 11 is 0. The number of nitrogens with zero attached hydrogens (tertiary/aromatic N) is 2. The summed E-state index contributed by atoms with van der Waals surface area (Å²) in [5.41, 5.74) is -0.0768. The molecule has 0 bridgehead atoms. The van der Waals surface area contributed by atoms with Crippen molar-refractivity contribution in [3.8, 4) is 0 Å². The molecule has 6 heteroatoms. The third kappa shape index (κ3) is 2.84. The minimum atomic E-state index is -1.13. The second-order valence-corrected chi connectivity index (χ2v) is 5.56. The highest BCUT2D eigenvalue weighted by molar-refractivity contribution is 5.98. The van der Waals surface area contributed by atoms with Gasteiger partial charge in [0.15, 0.2) is 0 Å². The third-order valence-electron chi connectivity index (χ3n) is 3.98. The standard InChI is InChI=1S/C14H21N3O3/c1-10-11(9-17(2)16-10)12(18)15-14(13(19)20)7-5-3-4-6-8-14/h9H,3-8H2,1-2H3,(H,15,18)(H,19,20). The highest BCUT2D eigenvalue weighted by Crippen LogP contribution is 2.28. The van der Waals surface area contributed by atoms with E-state index in [9.17, 15) is 14.7 Å². The highest BCUT2D eigenvalue weighted by Gasteiger charge is 2.40. The van der Waals surface area contributed by atoms with Crippen LogP contribution >= 0.6 is 0 Å². The van der Waals surface area contributed by atoms with E-state index in [1.807, 2.05) is 0 Å². The van der Waals surface area contributed by atoms with Gasteiger partial charge < -0.3 is 10.4 Å². The van der Waals surface area contributed by atoms with Crippen LogP contribution in [0.1, 0.15) is 54.6 Å². The molecule has 0 atom stereocenters. The van der Waals surface area contributed by atoms with Gasteiger partial charge in [-0.2, -0.15) is 5.10 Å². The smallest absolute Gasteiger partial charge is 0.329 e. The van der Waals surface area contributed by atoms with E-state index in [-0.39, 0.29) is 5.91 Å². The lowest BCUT2D eigenvalue weighted by molar-refractivity contribution is -0.145. The topological polar surface area (TPSA) is 84.2 Å². The van der Waals surface area contributed by atoms with E-state index in [1.165, 1.54) is 0 Å². The van der Waals surface area contributed by atoms with Crippen LogP contribution in [0.2, 0.25) is 0 Å². The Bertz CT molecular complexity index is 514. The van der Waals surface area contributed by atoms with Crippen molar-refractivity contribution in [2.45, 2.75) is 51.0 Å². The van der Waals surface area contributed by atoms with E-state index in [0.29, 0.717) is 24.1 Å². The van der Waals surface area contributed by atoms with Gasteiger partial charge in [-0.15, -0.1) is 0 Å². The molecule has 0 radical (unpaired) electrons. The van der Waals surface area contributed by atoms with Crippen molar-refractivity contribution in [2.75, 3.05) is 0 Å². The lowest BCUT2D eigenvalue weighted by atomic mass is 9.90. The first kappa shape index (κ1) is 14.6. The molecule has 0 aromatic carbocycles. The van der Waals surface area contributed by atoms with Crippen LogP contribution in [0.4, 0.5) is 0 Å². The van der Waals surface area contributed by atoms with E-state index < -0.39 is 11.5 Å². The van der Waals surface area contributed by atoms with Crippen LogP contribution in [0.25, 0.3) is 0 Å². The van der Waals surface area contributed by atoms with Gasteiger partial charge in [0, 0.05) is 13.2 Å². The zero-order valence-electron chi connectivity index (χ0n) is 12.0. The monoisotopic (exact) mass is 279 g/mol. The van der Waals surface area contributed by atoms with Crippen molar-refractivity contribution in [2.24, 2.45) is 7.05 Å². The van der Waals surface area contributed by atoms with Crippen LogP contribution in [0.3, 0.4) is 0 Å². The Labute approximate surface area is 118 Å². The molecule has 2 rings (SSSR count). The number of nitrogens with one attached hydrogen (secondary N) is 1. The maximum absolute atomic E-state index is 12.3. The molecule has 1 aromatic heterocycles. The molecule has 2 N–H and O–H groups in total. The average Bonchev–Trinajstić information content (AvgIpc) is 2.60. The maximum Gasteiger partial charge on any atom is 0.329 e. The lowest BCUT2D eigenvalue weighted by Crippen LogP contribution is -2.54. The van der Waals surface area contributed by atoms with Crippen LogP contribution in [0.5, 0.6) is 0 Å². The summed E-state index contributed by atoms with van der Waals surface area (Å²) < 4.78 is 1.56. The van der Waals surface area contributed by atoms with Gasteiger partial charge in [0.05, 0.1) is 11.3 Å². The third-order valence-corrected chi connectivity index (χ3v) is 3.98. The Hall–Kier alpha value is -1.85. The molecule has 1 saturated carbocycles. The SMILES string of the molecule is Cc1nn(C)cc1C(=O)NC1(C(=O)O)CCCCCC1.